The third-order valence-electron chi connectivity index (χ3n) is 5.64. The molecule has 1 aromatic rings. The van der Waals surface area contributed by atoms with Crippen molar-refractivity contribution in [1.29, 1.82) is 0 Å². The SMILES string of the molecule is CC[C@@H]([C@H]1C(=O)N[C@@H]1CC(=S)c1ccccc1)C(C)(C)C(O[SiH2]C)O[SiH2]C. The molecule has 1 aliphatic heterocycles. The van der Waals surface area contributed by atoms with Crippen LogP contribution in [0.25, 0.3) is 0 Å². The quantitative estimate of drug-likeness (QED) is 0.195. The predicted molar refractivity (Wildman–Crippen MR) is 121 cm³/mol. The molecule has 7 heteroatoms. The highest BCUT2D eigenvalue weighted by Gasteiger charge is 2.51. The van der Waals surface area contributed by atoms with Gasteiger partial charge in [0.05, 0.1) is 5.92 Å². The Hall–Kier alpha value is -0.866. The van der Waals surface area contributed by atoms with Gasteiger partial charge in [0.25, 0.3) is 0 Å². The van der Waals surface area contributed by atoms with Gasteiger partial charge in [0.15, 0.2) is 19.5 Å². The maximum Gasteiger partial charge on any atom is 0.225 e. The van der Waals surface area contributed by atoms with Crippen LogP contribution in [0.3, 0.4) is 0 Å². The molecular formula is C20H33NO3SSi2. The van der Waals surface area contributed by atoms with Gasteiger partial charge in [-0.2, -0.15) is 0 Å². The zero-order valence-electron chi connectivity index (χ0n) is 17.2. The van der Waals surface area contributed by atoms with E-state index >= 15 is 0 Å². The number of rotatable bonds is 11. The summed E-state index contributed by atoms with van der Waals surface area (Å²) in [5.41, 5.74) is 0.855. The van der Waals surface area contributed by atoms with Crippen molar-refractivity contribution < 1.29 is 13.6 Å². The minimum Gasteiger partial charge on any atom is -0.400 e. The minimum absolute atomic E-state index is 0.0431. The van der Waals surface area contributed by atoms with Crippen molar-refractivity contribution in [3.8, 4) is 0 Å². The standard InChI is InChI=1S/C20H33NO3SSi2/c1-6-14(20(2,3)19(23-26-4)24-27-5)17-15(21-18(17)22)12-16(25)13-10-8-7-9-11-13/h7-11,14-15,17,19H,6,12,26-27H2,1-5H3,(H,21,22)/t14-,15+,17+/m0/s1. The van der Waals surface area contributed by atoms with Gasteiger partial charge in [0, 0.05) is 22.7 Å². The van der Waals surface area contributed by atoms with E-state index in [1.807, 2.05) is 30.3 Å². The summed E-state index contributed by atoms with van der Waals surface area (Å²) in [5, 5.41) is 3.09. The third kappa shape index (κ3) is 5.14. The second kappa shape index (κ2) is 10.1. The Labute approximate surface area is 173 Å². The molecule has 1 heterocycles. The zero-order chi connectivity index (χ0) is 20.0. The number of benzene rings is 1. The van der Waals surface area contributed by atoms with E-state index in [4.69, 9.17) is 21.1 Å². The number of nitrogens with one attached hydrogen (secondary N) is 1. The van der Waals surface area contributed by atoms with Gasteiger partial charge >= 0.3 is 0 Å². The maximum atomic E-state index is 12.5. The molecule has 4 nitrogen and oxygen atoms in total. The average molecular weight is 424 g/mol. The van der Waals surface area contributed by atoms with Crippen molar-refractivity contribution in [2.45, 2.75) is 59.0 Å². The van der Waals surface area contributed by atoms with E-state index in [-0.39, 0.29) is 35.5 Å². The zero-order valence-corrected chi connectivity index (χ0v) is 20.8. The van der Waals surface area contributed by atoms with Gasteiger partial charge in [-0.3, -0.25) is 4.79 Å². The highest BCUT2D eigenvalue weighted by molar-refractivity contribution is 7.80. The van der Waals surface area contributed by atoms with Crippen LogP contribution in [-0.2, 0) is 13.6 Å². The molecule has 0 bridgehead atoms. The lowest BCUT2D eigenvalue weighted by molar-refractivity contribution is -0.153. The molecule has 1 saturated heterocycles. The molecule has 2 rings (SSSR count). The molecule has 0 unspecified atom stereocenters. The fraction of sp³-hybridized carbons (Fsp3) is 0.600. The van der Waals surface area contributed by atoms with Crippen LogP contribution >= 0.6 is 12.2 Å². The van der Waals surface area contributed by atoms with E-state index in [9.17, 15) is 4.79 Å². The highest BCUT2D eigenvalue weighted by atomic mass is 32.1. The first-order valence-electron chi connectivity index (χ1n) is 9.98. The van der Waals surface area contributed by atoms with Gasteiger partial charge in [-0.15, -0.1) is 0 Å². The Morgan fingerprint density at radius 2 is 1.81 bits per heavy atom. The molecule has 1 aliphatic rings. The van der Waals surface area contributed by atoms with E-state index in [1.165, 1.54) is 0 Å². The van der Waals surface area contributed by atoms with Crippen LogP contribution < -0.4 is 5.32 Å². The molecule has 0 radical (unpaired) electrons. The Bertz CT molecular complexity index is 635. The Kier molecular flexibility index (Phi) is 8.36. The number of thiocarbonyl (C=S) groups is 1. The largest absolute Gasteiger partial charge is 0.400 e. The van der Waals surface area contributed by atoms with Crippen LogP contribution in [0, 0.1) is 17.3 Å². The average Bonchev–Trinajstić information content (AvgIpc) is 2.65. The van der Waals surface area contributed by atoms with Crippen molar-refractivity contribution in [3.05, 3.63) is 35.9 Å². The number of β-lactam (4-membered cyclic amide) rings is 1. The monoisotopic (exact) mass is 423 g/mol. The summed E-state index contributed by atoms with van der Waals surface area (Å²) >= 11 is 5.65. The van der Waals surface area contributed by atoms with Gasteiger partial charge in [-0.25, -0.2) is 0 Å². The summed E-state index contributed by atoms with van der Waals surface area (Å²) in [6, 6.07) is 10.2. The topological polar surface area (TPSA) is 47.6 Å². The Morgan fingerprint density at radius 1 is 1.22 bits per heavy atom. The first-order chi connectivity index (χ1) is 12.9. The van der Waals surface area contributed by atoms with Crippen LogP contribution in [-0.4, -0.2) is 42.6 Å². The van der Waals surface area contributed by atoms with E-state index in [2.05, 4.69) is 39.2 Å². The molecule has 1 aromatic carbocycles. The van der Waals surface area contributed by atoms with Crippen LogP contribution in [0.4, 0.5) is 0 Å². The first-order valence-corrected chi connectivity index (χ1v) is 14.4. The molecule has 0 aromatic heterocycles. The van der Waals surface area contributed by atoms with Crippen LogP contribution in [0.15, 0.2) is 30.3 Å². The molecule has 1 N–H and O–H groups in total. The molecule has 0 spiro atoms. The van der Waals surface area contributed by atoms with E-state index in [1.54, 1.807) is 0 Å². The van der Waals surface area contributed by atoms with Crippen molar-refractivity contribution >= 4 is 42.5 Å². The van der Waals surface area contributed by atoms with Gasteiger partial charge in [0.2, 0.25) is 5.91 Å². The lowest BCUT2D eigenvalue weighted by Gasteiger charge is -2.49. The Morgan fingerprint density at radius 3 is 2.30 bits per heavy atom. The fourth-order valence-electron chi connectivity index (χ4n) is 4.24. The number of carbonyl (C=O) groups excluding carboxylic acids is 1. The Balaban J connectivity index is 2.16. The van der Waals surface area contributed by atoms with Crippen LogP contribution in [0.2, 0.25) is 13.1 Å². The lowest BCUT2D eigenvalue weighted by Crippen LogP contribution is -2.64. The number of carbonyl (C=O) groups is 1. The molecular weight excluding hydrogens is 390 g/mol. The van der Waals surface area contributed by atoms with Gasteiger partial charge in [0.1, 0.15) is 6.29 Å². The summed E-state index contributed by atoms with van der Waals surface area (Å²) < 4.78 is 12.1. The second-order valence-corrected chi connectivity index (χ2v) is 10.0. The molecule has 0 saturated carbocycles. The summed E-state index contributed by atoms with van der Waals surface area (Å²) in [4.78, 5) is 13.4. The minimum atomic E-state index is -0.589. The van der Waals surface area contributed by atoms with Gasteiger partial charge < -0.3 is 14.2 Å². The van der Waals surface area contributed by atoms with Gasteiger partial charge in [-0.1, -0.05) is 82.8 Å². The van der Waals surface area contributed by atoms with Gasteiger partial charge in [-0.05, 0) is 11.5 Å². The second-order valence-electron chi connectivity index (χ2n) is 7.71. The molecule has 1 amide bonds. The summed E-state index contributed by atoms with van der Waals surface area (Å²) in [5.74, 6) is 0.288. The van der Waals surface area contributed by atoms with Crippen LogP contribution in [0.5, 0.6) is 0 Å². The summed E-state index contributed by atoms with van der Waals surface area (Å²) in [6.45, 7) is 10.8. The van der Waals surface area contributed by atoms with E-state index in [0.29, 0.717) is 6.42 Å². The summed E-state index contributed by atoms with van der Waals surface area (Å²) in [7, 11) is -1.18. The highest BCUT2D eigenvalue weighted by Crippen LogP contribution is 2.44. The molecule has 1 fully saturated rings. The smallest absolute Gasteiger partial charge is 0.225 e. The van der Waals surface area contributed by atoms with Crippen molar-refractivity contribution in [2.75, 3.05) is 0 Å². The molecule has 150 valence electrons. The van der Waals surface area contributed by atoms with Crippen molar-refractivity contribution in [2.24, 2.45) is 17.3 Å². The molecule has 0 aliphatic carbocycles. The molecule has 27 heavy (non-hydrogen) atoms. The van der Waals surface area contributed by atoms with Crippen LogP contribution in [0.1, 0.15) is 39.2 Å². The number of amides is 1. The lowest BCUT2D eigenvalue weighted by atomic mass is 9.64. The maximum absolute atomic E-state index is 12.5. The normalized spacial score (nSPS) is 22.8. The third-order valence-corrected chi connectivity index (χ3v) is 7.31. The first kappa shape index (κ1) is 22.4. The van der Waals surface area contributed by atoms with E-state index < -0.39 is 19.5 Å². The fourth-order valence-corrected chi connectivity index (χ4v) is 6.40. The summed E-state index contributed by atoms with van der Waals surface area (Å²) in [6.07, 6.45) is 1.42. The number of hydrogen-bond acceptors (Lipinski definition) is 4. The van der Waals surface area contributed by atoms with Crippen molar-refractivity contribution in [1.82, 2.24) is 5.32 Å². The number of hydrogen-bond donors (Lipinski definition) is 1. The van der Waals surface area contributed by atoms with E-state index in [0.717, 1.165) is 16.8 Å². The molecule has 3 atom stereocenters. The predicted octanol–water partition coefficient (Wildman–Crippen LogP) is 2.58. The van der Waals surface area contributed by atoms with Crippen molar-refractivity contribution in [3.63, 3.8) is 0 Å².